The Labute approximate surface area is 140 Å². The second kappa shape index (κ2) is 6.22. The summed E-state index contributed by atoms with van der Waals surface area (Å²) in [6.45, 7) is 8.81. The molecule has 0 amide bonds. The molecule has 1 aliphatic carbocycles. The molecule has 2 atom stereocenters. The van der Waals surface area contributed by atoms with E-state index in [4.69, 9.17) is 4.74 Å². The molecule has 1 aliphatic heterocycles. The molecule has 1 N–H and O–H groups in total. The maximum Gasteiger partial charge on any atom is 0.127 e. The van der Waals surface area contributed by atoms with Crippen LogP contribution in [0.15, 0.2) is 23.8 Å². The molecule has 0 spiro atoms. The van der Waals surface area contributed by atoms with Gasteiger partial charge in [-0.1, -0.05) is 31.4 Å². The van der Waals surface area contributed by atoms with Crippen LogP contribution in [0.5, 0.6) is 11.5 Å². The van der Waals surface area contributed by atoms with Crippen LogP contribution in [0, 0.1) is 5.92 Å². The number of rotatable bonds is 4. The van der Waals surface area contributed by atoms with E-state index in [-0.39, 0.29) is 5.60 Å². The van der Waals surface area contributed by atoms with Crippen molar-refractivity contribution in [2.45, 2.75) is 77.7 Å². The van der Waals surface area contributed by atoms with Gasteiger partial charge in [0.25, 0.3) is 0 Å². The number of hydrogen-bond acceptors (Lipinski definition) is 2. The van der Waals surface area contributed by atoms with Gasteiger partial charge in [-0.3, -0.25) is 0 Å². The molecule has 126 valence electrons. The molecule has 1 heterocycles. The number of aryl methyl sites for hydroxylation is 1. The van der Waals surface area contributed by atoms with E-state index in [1.54, 1.807) is 0 Å². The van der Waals surface area contributed by atoms with Crippen molar-refractivity contribution in [1.82, 2.24) is 0 Å². The molecule has 0 aromatic heterocycles. The lowest BCUT2D eigenvalue weighted by atomic mass is 9.67. The van der Waals surface area contributed by atoms with Gasteiger partial charge < -0.3 is 9.84 Å². The molecule has 0 radical (unpaired) electrons. The topological polar surface area (TPSA) is 29.5 Å². The molecule has 1 aromatic rings. The number of ether oxygens (including phenoxy) is 1. The van der Waals surface area contributed by atoms with Crippen LogP contribution >= 0.6 is 0 Å². The van der Waals surface area contributed by atoms with Crippen molar-refractivity contribution in [3.63, 3.8) is 0 Å². The van der Waals surface area contributed by atoms with Gasteiger partial charge >= 0.3 is 0 Å². The van der Waals surface area contributed by atoms with Crippen molar-refractivity contribution in [3.05, 3.63) is 34.9 Å². The van der Waals surface area contributed by atoms with Gasteiger partial charge in [0, 0.05) is 17.4 Å². The van der Waals surface area contributed by atoms with Crippen LogP contribution in [-0.2, 0) is 6.42 Å². The van der Waals surface area contributed by atoms with Crippen LogP contribution in [0.4, 0.5) is 0 Å². The van der Waals surface area contributed by atoms with E-state index in [1.807, 2.05) is 6.07 Å². The van der Waals surface area contributed by atoms with E-state index >= 15 is 0 Å². The molecule has 1 aromatic carbocycles. The highest BCUT2D eigenvalue weighted by Crippen LogP contribution is 2.54. The number of phenols is 1. The standard InChI is InChI=1S/C21H30O2/c1-5-6-7-8-15-12-18(22)20-16-11-14(2)9-10-17(16)21(3,4)23-19(20)13-15/h9,12-13,16-17,22H,5-8,10-11H2,1-4H3/t16-,17?/m0/s1. The van der Waals surface area contributed by atoms with Crippen LogP contribution in [0.25, 0.3) is 0 Å². The molecule has 23 heavy (non-hydrogen) atoms. The first-order chi connectivity index (χ1) is 10.9. The van der Waals surface area contributed by atoms with E-state index in [1.165, 1.54) is 30.4 Å². The van der Waals surface area contributed by atoms with E-state index in [0.717, 1.165) is 30.6 Å². The Morgan fingerprint density at radius 2 is 2.04 bits per heavy atom. The molecule has 3 rings (SSSR count). The third-order valence-corrected chi connectivity index (χ3v) is 5.63. The van der Waals surface area contributed by atoms with Crippen LogP contribution in [0.3, 0.4) is 0 Å². The van der Waals surface area contributed by atoms with Crippen molar-refractivity contribution in [2.75, 3.05) is 0 Å². The zero-order valence-electron chi connectivity index (χ0n) is 15.0. The summed E-state index contributed by atoms with van der Waals surface area (Å²) in [5, 5.41) is 10.7. The van der Waals surface area contributed by atoms with Crippen molar-refractivity contribution < 1.29 is 9.84 Å². The van der Waals surface area contributed by atoms with Gasteiger partial charge in [-0.05, 0) is 64.2 Å². The summed E-state index contributed by atoms with van der Waals surface area (Å²) in [7, 11) is 0. The number of aromatic hydroxyl groups is 1. The van der Waals surface area contributed by atoms with Gasteiger partial charge in [0.05, 0.1) is 0 Å². The quantitative estimate of drug-likeness (QED) is 0.567. The van der Waals surface area contributed by atoms with Crippen LogP contribution < -0.4 is 4.74 Å². The fourth-order valence-electron chi connectivity index (χ4n) is 4.34. The first-order valence-corrected chi connectivity index (χ1v) is 9.12. The zero-order chi connectivity index (χ0) is 16.6. The van der Waals surface area contributed by atoms with Crippen LogP contribution in [-0.4, -0.2) is 10.7 Å². The fourth-order valence-corrected chi connectivity index (χ4v) is 4.34. The Kier molecular flexibility index (Phi) is 4.44. The Morgan fingerprint density at radius 3 is 2.78 bits per heavy atom. The first kappa shape index (κ1) is 16.4. The number of allylic oxidation sites excluding steroid dienone is 2. The predicted octanol–water partition coefficient (Wildman–Crippen LogP) is 5.74. The van der Waals surface area contributed by atoms with Crippen LogP contribution in [0.2, 0.25) is 0 Å². The maximum atomic E-state index is 10.7. The third-order valence-electron chi connectivity index (χ3n) is 5.63. The summed E-state index contributed by atoms with van der Waals surface area (Å²) >= 11 is 0. The van der Waals surface area contributed by atoms with Crippen molar-refractivity contribution in [3.8, 4) is 11.5 Å². The van der Waals surface area contributed by atoms with Gasteiger partial charge in [-0.15, -0.1) is 0 Å². The number of benzene rings is 1. The SMILES string of the molecule is CCCCCc1cc(O)c2c(c1)OC(C)(C)C1CC=C(C)C[C@H]21. The van der Waals surface area contributed by atoms with E-state index in [2.05, 4.69) is 39.8 Å². The van der Waals surface area contributed by atoms with E-state index in [9.17, 15) is 5.11 Å². The summed E-state index contributed by atoms with van der Waals surface area (Å²) in [6.07, 6.45) is 9.06. The lowest BCUT2D eigenvalue weighted by Crippen LogP contribution is -2.45. The predicted molar refractivity (Wildman–Crippen MR) is 95.3 cm³/mol. The fraction of sp³-hybridized carbons (Fsp3) is 0.619. The summed E-state index contributed by atoms with van der Waals surface area (Å²) in [4.78, 5) is 0. The molecular formula is C21H30O2. The molecular weight excluding hydrogens is 284 g/mol. The second-order valence-corrected chi connectivity index (χ2v) is 7.89. The minimum absolute atomic E-state index is 0.177. The highest BCUT2D eigenvalue weighted by atomic mass is 16.5. The van der Waals surface area contributed by atoms with Gasteiger partial charge in [0.15, 0.2) is 0 Å². The minimum Gasteiger partial charge on any atom is -0.508 e. The molecule has 0 saturated heterocycles. The average molecular weight is 314 g/mol. The van der Waals surface area contributed by atoms with Crippen molar-refractivity contribution >= 4 is 0 Å². The van der Waals surface area contributed by atoms with Gasteiger partial charge in [-0.25, -0.2) is 0 Å². The largest absolute Gasteiger partial charge is 0.508 e. The zero-order valence-corrected chi connectivity index (χ0v) is 15.0. The summed E-state index contributed by atoms with van der Waals surface area (Å²) in [5.41, 5.74) is 3.50. The van der Waals surface area contributed by atoms with Gasteiger partial charge in [0.1, 0.15) is 17.1 Å². The third kappa shape index (κ3) is 3.13. The Bertz CT molecular complexity index is 613. The minimum atomic E-state index is -0.177. The molecule has 0 bridgehead atoms. The van der Waals surface area contributed by atoms with E-state index in [0.29, 0.717) is 17.6 Å². The van der Waals surface area contributed by atoms with Gasteiger partial charge in [-0.2, -0.15) is 0 Å². The Morgan fingerprint density at radius 1 is 1.26 bits per heavy atom. The smallest absolute Gasteiger partial charge is 0.127 e. The highest BCUT2D eigenvalue weighted by molar-refractivity contribution is 5.52. The lowest BCUT2D eigenvalue weighted by molar-refractivity contribution is 0.00753. The van der Waals surface area contributed by atoms with Crippen molar-refractivity contribution in [2.24, 2.45) is 5.92 Å². The maximum absolute atomic E-state index is 10.7. The van der Waals surface area contributed by atoms with Gasteiger partial charge in [0.2, 0.25) is 0 Å². The number of phenolic OH excluding ortho intramolecular Hbond substituents is 1. The Hall–Kier alpha value is -1.44. The second-order valence-electron chi connectivity index (χ2n) is 7.89. The highest BCUT2D eigenvalue weighted by Gasteiger charge is 2.45. The first-order valence-electron chi connectivity index (χ1n) is 9.12. The van der Waals surface area contributed by atoms with Crippen LogP contribution in [0.1, 0.15) is 76.8 Å². The molecule has 1 unspecified atom stereocenters. The summed E-state index contributed by atoms with van der Waals surface area (Å²) < 4.78 is 6.36. The van der Waals surface area contributed by atoms with E-state index < -0.39 is 0 Å². The number of fused-ring (bicyclic) bond motifs is 3. The summed E-state index contributed by atoms with van der Waals surface area (Å²) in [5.74, 6) is 2.17. The molecule has 0 fully saturated rings. The molecule has 2 nitrogen and oxygen atoms in total. The number of hydrogen-bond donors (Lipinski definition) is 1. The monoisotopic (exact) mass is 314 g/mol. The molecule has 0 saturated carbocycles. The molecule has 2 heteroatoms. The normalized spacial score (nSPS) is 25.1. The molecule has 2 aliphatic rings. The Balaban J connectivity index is 1.96. The lowest BCUT2D eigenvalue weighted by Gasteiger charge is -2.47. The van der Waals surface area contributed by atoms with Crippen molar-refractivity contribution in [1.29, 1.82) is 0 Å². The average Bonchev–Trinajstić information content (AvgIpc) is 2.46. The number of unbranched alkanes of at least 4 members (excludes halogenated alkanes) is 2. The summed E-state index contributed by atoms with van der Waals surface area (Å²) in [6, 6.07) is 4.15.